The van der Waals surface area contributed by atoms with Crippen LogP contribution in [0.1, 0.15) is 71.6 Å². The molecule has 0 amide bonds. The Morgan fingerprint density at radius 2 is 1.50 bits per heavy atom. The quantitative estimate of drug-likeness (QED) is 0.410. The zero-order valence-corrected chi connectivity index (χ0v) is 12.2. The topological polar surface area (TPSA) is 18.5 Å². The Labute approximate surface area is 113 Å². The normalized spacial score (nSPS) is 18.8. The maximum Gasteiger partial charge on any atom is 0.165 e. The van der Waals surface area contributed by atoms with Crippen LogP contribution in [0.25, 0.3) is 0 Å². The minimum absolute atomic E-state index is 0.288. The molecule has 1 heterocycles. The van der Waals surface area contributed by atoms with E-state index in [1.807, 2.05) is 0 Å². The lowest BCUT2D eigenvalue weighted by Gasteiger charge is -2.21. The van der Waals surface area contributed by atoms with Gasteiger partial charge in [0.15, 0.2) is 5.79 Å². The summed E-state index contributed by atoms with van der Waals surface area (Å²) in [6, 6.07) is 0. The highest BCUT2D eigenvalue weighted by Gasteiger charge is 2.29. The monoisotopic (exact) mass is 254 g/mol. The van der Waals surface area contributed by atoms with Crippen LogP contribution in [-0.2, 0) is 9.47 Å². The molecule has 0 aromatic rings. The Bertz CT molecular complexity index is 217. The first-order valence-electron chi connectivity index (χ1n) is 7.70. The first kappa shape index (κ1) is 15.7. The molecule has 0 aliphatic carbocycles. The van der Waals surface area contributed by atoms with Gasteiger partial charge in [0.25, 0.3) is 0 Å². The minimum Gasteiger partial charge on any atom is -0.348 e. The Morgan fingerprint density at radius 1 is 0.889 bits per heavy atom. The van der Waals surface area contributed by atoms with Gasteiger partial charge in [0, 0.05) is 6.42 Å². The molecule has 0 atom stereocenters. The van der Waals surface area contributed by atoms with E-state index < -0.39 is 0 Å². The molecule has 0 radical (unpaired) electrons. The Morgan fingerprint density at radius 3 is 2.11 bits per heavy atom. The summed E-state index contributed by atoms with van der Waals surface area (Å²) in [7, 11) is 0. The molecule has 2 heteroatoms. The van der Waals surface area contributed by atoms with Gasteiger partial charge in [-0.3, -0.25) is 0 Å². The van der Waals surface area contributed by atoms with E-state index in [1.54, 1.807) is 0 Å². The number of ether oxygens (including phenoxy) is 2. The lowest BCUT2D eigenvalue weighted by molar-refractivity contribution is -0.147. The van der Waals surface area contributed by atoms with Crippen LogP contribution in [0.5, 0.6) is 0 Å². The Kier molecular flexibility index (Phi) is 8.36. The molecule has 106 valence electrons. The summed E-state index contributed by atoms with van der Waals surface area (Å²) >= 11 is 0. The van der Waals surface area contributed by atoms with E-state index in [4.69, 9.17) is 9.47 Å². The zero-order valence-electron chi connectivity index (χ0n) is 12.2. The fraction of sp³-hybridized carbons (Fsp3) is 0.875. The van der Waals surface area contributed by atoms with Gasteiger partial charge in [-0.1, -0.05) is 38.3 Å². The van der Waals surface area contributed by atoms with Crippen molar-refractivity contribution in [2.75, 3.05) is 13.2 Å². The Balaban J connectivity index is 1.87. The molecule has 0 unspecified atom stereocenters. The summed E-state index contributed by atoms with van der Waals surface area (Å²) in [6.07, 6.45) is 16.0. The number of unbranched alkanes of at least 4 members (excludes halogenated alkanes) is 6. The van der Waals surface area contributed by atoms with Crippen LogP contribution in [0.15, 0.2) is 12.2 Å². The highest BCUT2D eigenvalue weighted by molar-refractivity contribution is 4.81. The van der Waals surface area contributed by atoms with E-state index in [0.717, 1.165) is 19.6 Å². The molecule has 0 saturated carbocycles. The van der Waals surface area contributed by atoms with Crippen molar-refractivity contribution in [3.8, 4) is 0 Å². The maximum absolute atomic E-state index is 5.58. The van der Waals surface area contributed by atoms with Gasteiger partial charge < -0.3 is 9.47 Å². The number of rotatable bonds is 10. The summed E-state index contributed by atoms with van der Waals surface area (Å²) in [5.74, 6) is -0.288. The second kappa shape index (κ2) is 9.57. The van der Waals surface area contributed by atoms with Gasteiger partial charge in [-0.25, -0.2) is 0 Å². The second-order valence-corrected chi connectivity index (χ2v) is 5.40. The smallest absolute Gasteiger partial charge is 0.165 e. The third kappa shape index (κ3) is 7.17. The van der Waals surface area contributed by atoms with Crippen molar-refractivity contribution in [2.24, 2.45) is 0 Å². The first-order chi connectivity index (χ1) is 8.77. The number of hydrogen-bond donors (Lipinski definition) is 0. The van der Waals surface area contributed by atoms with E-state index in [0.29, 0.717) is 0 Å². The molecule has 1 fully saturated rings. The fourth-order valence-electron chi connectivity index (χ4n) is 2.33. The van der Waals surface area contributed by atoms with Crippen LogP contribution in [-0.4, -0.2) is 19.0 Å². The van der Waals surface area contributed by atoms with Crippen LogP contribution >= 0.6 is 0 Å². The molecule has 2 nitrogen and oxygen atoms in total. The predicted molar refractivity (Wildman–Crippen MR) is 76.7 cm³/mol. The molecular formula is C16H30O2. The van der Waals surface area contributed by atoms with Crippen molar-refractivity contribution < 1.29 is 9.47 Å². The van der Waals surface area contributed by atoms with Crippen molar-refractivity contribution in [2.45, 2.75) is 77.4 Å². The van der Waals surface area contributed by atoms with Crippen LogP contribution in [0, 0.1) is 0 Å². The van der Waals surface area contributed by atoms with Crippen molar-refractivity contribution in [3.63, 3.8) is 0 Å². The van der Waals surface area contributed by atoms with Gasteiger partial charge in [0.2, 0.25) is 0 Å². The molecule has 1 saturated heterocycles. The van der Waals surface area contributed by atoms with E-state index in [1.165, 1.54) is 51.4 Å². The highest BCUT2D eigenvalue weighted by atomic mass is 16.7. The van der Waals surface area contributed by atoms with E-state index in [-0.39, 0.29) is 5.79 Å². The maximum atomic E-state index is 5.58. The van der Waals surface area contributed by atoms with Crippen molar-refractivity contribution in [1.29, 1.82) is 0 Å². The highest BCUT2D eigenvalue weighted by Crippen LogP contribution is 2.25. The van der Waals surface area contributed by atoms with Gasteiger partial charge >= 0.3 is 0 Å². The standard InChI is InChI=1S/C16H30O2/c1-3-4-5-6-7-8-9-10-11-12-13-16(2)17-14-15-18-16/h8-9H,3-7,10-15H2,1-2H3/b9-8-. The van der Waals surface area contributed by atoms with Gasteiger partial charge in [-0.2, -0.15) is 0 Å². The number of allylic oxidation sites excluding steroid dienone is 2. The van der Waals surface area contributed by atoms with E-state index >= 15 is 0 Å². The molecule has 0 bridgehead atoms. The molecule has 1 aliphatic rings. The van der Waals surface area contributed by atoms with Crippen LogP contribution in [0.3, 0.4) is 0 Å². The molecule has 18 heavy (non-hydrogen) atoms. The summed E-state index contributed by atoms with van der Waals surface area (Å²) in [6.45, 7) is 5.83. The fourth-order valence-corrected chi connectivity index (χ4v) is 2.33. The first-order valence-corrected chi connectivity index (χ1v) is 7.70. The van der Waals surface area contributed by atoms with Crippen molar-refractivity contribution in [3.05, 3.63) is 12.2 Å². The summed E-state index contributed by atoms with van der Waals surface area (Å²) < 4.78 is 11.2. The lowest BCUT2D eigenvalue weighted by Crippen LogP contribution is -2.24. The van der Waals surface area contributed by atoms with Crippen LogP contribution < -0.4 is 0 Å². The van der Waals surface area contributed by atoms with Gasteiger partial charge in [0.05, 0.1) is 13.2 Å². The third-order valence-corrected chi connectivity index (χ3v) is 3.54. The van der Waals surface area contributed by atoms with Crippen molar-refractivity contribution >= 4 is 0 Å². The lowest BCUT2D eigenvalue weighted by atomic mass is 10.1. The number of hydrogen-bond acceptors (Lipinski definition) is 2. The third-order valence-electron chi connectivity index (χ3n) is 3.54. The average Bonchev–Trinajstić information content (AvgIpc) is 2.79. The second-order valence-electron chi connectivity index (χ2n) is 5.40. The molecule has 1 aliphatic heterocycles. The van der Waals surface area contributed by atoms with E-state index in [9.17, 15) is 0 Å². The SMILES string of the molecule is CCCCCC/C=C\CCCCC1(C)OCCO1. The molecule has 0 spiro atoms. The van der Waals surface area contributed by atoms with Crippen molar-refractivity contribution in [1.82, 2.24) is 0 Å². The van der Waals surface area contributed by atoms with Gasteiger partial charge in [-0.15, -0.1) is 0 Å². The summed E-state index contributed by atoms with van der Waals surface area (Å²) in [5, 5.41) is 0. The molecule has 1 rings (SSSR count). The Hall–Kier alpha value is -0.340. The molecular weight excluding hydrogens is 224 g/mol. The van der Waals surface area contributed by atoms with Crippen LogP contribution in [0.2, 0.25) is 0 Å². The average molecular weight is 254 g/mol. The minimum atomic E-state index is -0.288. The zero-order chi connectivity index (χ0) is 13.1. The molecule has 0 N–H and O–H groups in total. The van der Waals surface area contributed by atoms with E-state index in [2.05, 4.69) is 26.0 Å². The molecule has 0 aromatic carbocycles. The predicted octanol–water partition coefficient (Wildman–Crippen LogP) is 4.84. The largest absolute Gasteiger partial charge is 0.348 e. The van der Waals surface area contributed by atoms with Gasteiger partial charge in [0.1, 0.15) is 0 Å². The molecule has 0 aromatic heterocycles. The van der Waals surface area contributed by atoms with Crippen LogP contribution in [0.4, 0.5) is 0 Å². The van der Waals surface area contributed by atoms with Gasteiger partial charge in [-0.05, 0) is 39.0 Å². The summed E-state index contributed by atoms with van der Waals surface area (Å²) in [5.41, 5.74) is 0. The summed E-state index contributed by atoms with van der Waals surface area (Å²) in [4.78, 5) is 0.